The van der Waals surface area contributed by atoms with Gasteiger partial charge in [-0.25, -0.2) is 9.78 Å². The van der Waals surface area contributed by atoms with Crippen LogP contribution in [0.2, 0.25) is 0 Å². The number of aromatic nitrogens is 2. The summed E-state index contributed by atoms with van der Waals surface area (Å²) in [7, 11) is 1.39. The minimum atomic E-state index is -0.336. The molecule has 1 heterocycles. The molecule has 88 valence electrons. The fourth-order valence-corrected chi connectivity index (χ4v) is 2.20. The predicted molar refractivity (Wildman–Crippen MR) is 64.0 cm³/mol. The minimum absolute atomic E-state index is 0.336. The molecule has 0 radical (unpaired) electrons. The Morgan fingerprint density at radius 1 is 1.53 bits per heavy atom. The van der Waals surface area contributed by atoms with Crippen LogP contribution in [0.15, 0.2) is 18.2 Å². The average Bonchev–Trinajstić information content (AvgIpc) is 2.92. The molecule has 1 aliphatic rings. The molecule has 1 fully saturated rings. The lowest BCUT2D eigenvalue weighted by atomic mass is 10.2. The van der Waals surface area contributed by atoms with Crippen LogP contribution < -0.4 is 0 Å². The van der Waals surface area contributed by atoms with Crippen molar-refractivity contribution in [1.29, 1.82) is 0 Å². The molecule has 0 saturated heterocycles. The summed E-state index contributed by atoms with van der Waals surface area (Å²) in [4.78, 5) is 19.4. The maximum absolute atomic E-state index is 11.6. The fourth-order valence-electron chi connectivity index (χ4n) is 2.20. The van der Waals surface area contributed by atoms with Crippen LogP contribution in [-0.4, -0.2) is 23.0 Å². The molecule has 1 aliphatic carbocycles. The first kappa shape index (κ1) is 10.3. The summed E-state index contributed by atoms with van der Waals surface area (Å²) in [5.74, 6) is 1.87. The van der Waals surface area contributed by atoms with Gasteiger partial charge >= 0.3 is 5.97 Å². The number of benzene rings is 1. The van der Waals surface area contributed by atoms with Crippen molar-refractivity contribution >= 4 is 17.0 Å². The second-order valence-electron chi connectivity index (χ2n) is 4.63. The molecule has 0 bridgehead atoms. The van der Waals surface area contributed by atoms with Gasteiger partial charge in [0.2, 0.25) is 0 Å². The highest BCUT2D eigenvalue weighted by atomic mass is 16.5. The van der Waals surface area contributed by atoms with Crippen LogP contribution >= 0.6 is 0 Å². The number of esters is 1. The van der Waals surface area contributed by atoms with Gasteiger partial charge in [0.25, 0.3) is 0 Å². The summed E-state index contributed by atoms with van der Waals surface area (Å²) < 4.78 is 4.76. The summed E-state index contributed by atoms with van der Waals surface area (Å²) in [6.07, 6.45) is 1.17. The van der Waals surface area contributed by atoms with E-state index < -0.39 is 0 Å². The van der Waals surface area contributed by atoms with Crippen molar-refractivity contribution in [2.45, 2.75) is 19.3 Å². The van der Waals surface area contributed by atoms with Crippen LogP contribution in [0.1, 0.15) is 35.4 Å². The highest BCUT2D eigenvalue weighted by Gasteiger charge is 2.36. The second kappa shape index (κ2) is 3.58. The molecule has 4 nitrogen and oxygen atoms in total. The van der Waals surface area contributed by atoms with Crippen LogP contribution in [-0.2, 0) is 4.74 Å². The first-order valence-electron chi connectivity index (χ1n) is 5.77. The van der Waals surface area contributed by atoms with Crippen LogP contribution in [0.3, 0.4) is 0 Å². The molecule has 17 heavy (non-hydrogen) atoms. The summed E-state index contributed by atoms with van der Waals surface area (Å²) >= 11 is 0. The number of para-hydroxylation sites is 1. The molecule has 2 aromatic rings. The number of rotatable bonds is 2. The van der Waals surface area contributed by atoms with Gasteiger partial charge in [0.15, 0.2) is 0 Å². The van der Waals surface area contributed by atoms with Crippen LogP contribution in [0.5, 0.6) is 0 Å². The van der Waals surface area contributed by atoms with Crippen molar-refractivity contribution in [3.63, 3.8) is 0 Å². The highest BCUT2D eigenvalue weighted by molar-refractivity contribution is 6.01. The molecule has 4 heteroatoms. The number of imidazole rings is 1. The van der Waals surface area contributed by atoms with E-state index in [9.17, 15) is 4.79 Å². The Morgan fingerprint density at radius 3 is 2.94 bits per heavy atom. The molecule has 3 rings (SSSR count). The Balaban J connectivity index is 2.11. The zero-order chi connectivity index (χ0) is 12.0. The topological polar surface area (TPSA) is 55.0 Å². The largest absolute Gasteiger partial charge is 0.465 e. The monoisotopic (exact) mass is 230 g/mol. The SMILES string of the molecule is COC(=O)c1cccc2[nH]c(C3CC3C)nc12. The number of H-pyrrole nitrogens is 1. The Bertz CT molecular complexity index is 588. The number of methoxy groups -OCH3 is 1. The maximum atomic E-state index is 11.6. The lowest BCUT2D eigenvalue weighted by Gasteiger charge is -1.98. The van der Waals surface area contributed by atoms with Gasteiger partial charge in [0, 0.05) is 5.92 Å². The molecular weight excluding hydrogens is 216 g/mol. The van der Waals surface area contributed by atoms with E-state index in [2.05, 4.69) is 16.9 Å². The third-order valence-corrected chi connectivity index (χ3v) is 3.40. The van der Waals surface area contributed by atoms with Crippen molar-refractivity contribution in [2.75, 3.05) is 7.11 Å². The quantitative estimate of drug-likeness (QED) is 0.806. The molecule has 1 N–H and O–H groups in total. The Hall–Kier alpha value is -1.84. The predicted octanol–water partition coefficient (Wildman–Crippen LogP) is 2.47. The molecule has 1 aromatic heterocycles. The fraction of sp³-hybridized carbons (Fsp3) is 0.385. The minimum Gasteiger partial charge on any atom is -0.465 e. The Labute approximate surface area is 99.0 Å². The molecule has 1 aromatic carbocycles. The van der Waals surface area contributed by atoms with E-state index in [0.29, 0.717) is 22.9 Å². The number of aromatic amines is 1. The van der Waals surface area contributed by atoms with E-state index in [1.807, 2.05) is 12.1 Å². The molecule has 2 unspecified atom stereocenters. The van der Waals surface area contributed by atoms with Gasteiger partial charge in [-0.15, -0.1) is 0 Å². The standard InChI is InChI=1S/C13H14N2O2/c1-7-6-9(7)12-14-10-5-3-4-8(11(10)15-12)13(16)17-2/h3-5,7,9H,6H2,1-2H3,(H,14,15). The summed E-state index contributed by atoms with van der Waals surface area (Å²) in [6, 6.07) is 5.52. The van der Waals surface area contributed by atoms with Crippen molar-refractivity contribution in [2.24, 2.45) is 5.92 Å². The van der Waals surface area contributed by atoms with Crippen molar-refractivity contribution < 1.29 is 9.53 Å². The number of ether oxygens (including phenoxy) is 1. The first-order valence-corrected chi connectivity index (χ1v) is 5.77. The third kappa shape index (κ3) is 1.60. The van der Waals surface area contributed by atoms with Crippen molar-refractivity contribution in [3.8, 4) is 0 Å². The van der Waals surface area contributed by atoms with E-state index in [-0.39, 0.29) is 5.97 Å². The summed E-state index contributed by atoms with van der Waals surface area (Å²) in [5, 5.41) is 0. The number of carbonyl (C=O) groups is 1. The lowest BCUT2D eigenvalue weighted by molar-refractivity contribution is 0.0603. The lowest BCUT2D eigenvalue weighted by Crippen LogP contribution is -2.01. The smallest absolute Gasteiger partial charge is 0.340 e. The van der Waals surface area contributed by atoms with Crippen LogP contribution in [0, 0.1) is 5.92 Å². The normalized spacial score (nSPS) is 22.7. The molecule has 1 saturated carbocycles. The summed E-state index contributed by atoms with van der Waals surface area (Å²) in [5.41, 5.74) is 2.15. The highest BCUT2D eigenvalue weighted by Crippen LogP contribution is 2.46. The van der Waals surface area contributed by atoms with Gasteiger partial charge < -0.3 is 9.72 Å². The number of fused-ring (bicyclic) bond motifs is 1. The first-order chi connectivity index (χ1) is 8.20. The average molecular weight is 230 g/mol. The van der Waals surface area contributed by atoms with Gasteiger partial charge in [0.05, 0.1) is 18.2 Å². The number of hydrogen-bond acceptors (Lipinski definition) is 3. The second-order valence-corrected chi connectivity index (χ2v) is 4.63. The maximum Gasteiger partial charge on any atom is 0.340 e. The number of hydrogen-bond donors (Lipinski definition) is 1. The Morgan fingerprint density at radius 2 is 2.29 bits per heavy atom. The van der Waals surface area contributed by atoms with Crippen molar-refractivity contribution in [1.82, 2.24) is 9.97 Å². The van der Waals surface area contributed by atoms with Gasteiger partial charge in [0.1, 0.15) is 11.3 Å². The van der Waals surface area contributed by atoms with Gasteiger partial charge in [-0.1, -0.05) is 13.0 Å². The molecule has 0 spiro atoms. The number of nitrogens with one attached hydrogen (secondary N) is 1. The third-order valence-electron chi connectivity index (χ3n) is 3.40. The van der Waals surface area contributed by atoms with Gasteiger partial charge in [-0.05, 0) is 24.5 Å². The number of nitrogens with zero attached hydrogens (tertiary/aromatic N) is 1. The zero-order valence-corrected chi connectivity index (χ0v) is 9.86. The van der Waals surface area contributed by atoms with Crippen LogP contribution in [0.25, 0.3) is 11.0 Å². The van der Waals surface area contributed by atoms with E-state index in [0.717, 1.165) is 11.3 Å². The van der Waals surface area contributed by atoms with E-state index in [4.69, 9.17) is 4.74 Å². The molecule has 0 aliphatic heterocycles. The molecule has 2 atom stereocenters. The van der Waals surface area contributed by atoms with E-state index in [1.165, 1.54) is 13.5 Å². The van der Waals surface area contributed by atoms with Gasteiger partial charge in [-0.2, -0.15) is 0 Å². The van der Waals surface area contributed by atoms with Gasteiger partial charge in [-0.3, -0.25) is 0 Å². The van der Waals surface area contributed by atoms with Crippen molar-refractivity contribution in [3.05, 3.63) is 29.6 Å². The number of carbonyl (C=O) groups excluding carboxylic acids is 1. The zero-order valence-electron chi connectivity index (χ0n) is 9.86. The van der Waals surface area contributed by atoms with E-state index >= 15 is 0 Å². The van der Waals surface area contributed by atoms with Crippen LogP contribution in [0.4, 0.5) is 0 Å². The summed E-state index contributed by atoms with van der Waals surface area (Å²) in [6.45, 7) is 2.21. The van der Waals surface area contributed by atoms with E-state index in [1.54, 1.807) is 6.07 Å². The molecule has 0 amide bonds. The Kier molecular flexibility index (Phi) is 2.18. The molecular formula is C13H14N2O2.